The van der Waals surface area contributed by atoms with Crippen LogP contribution in [0.25, 0.3) is 0 Å². The van der Waals surface area contributed by atoms with Crippen molar-refractivity contribution >= 4 is 35.2 Å². The van der Waals surface area contributed by atoms with Crippen molar-refractivity contribution in [2.45, 2.75) is 44.7 Å². The molecule has 2 rings (SSSR count). The number of thioether (sulfide) groups is 1. The number of hydrogen-bond acceptors (Lipinski definition) is 3. The van der Waals surface area contributed by atoms with E-state index in [0.717, 1.165) is 31.6 Å². The topological polar surface area (TPSA) is 49.4 Å². The molecule has 0 aromatic heterocycles. The van der Waals surface area contributed by atoms with E-state index in [4.69, 9.17) is 11.6 Å². The van der Waals surface area contributed by atoms with E-state index >= 15 is 0 Å². The summed E-state index contributed by atoms with van der Waals surface area (Å²) in [7, 11) is 0. The molecule has 1 aliphatic heterocycles. The molecule has 1 N–H and O–H groups in total. The fraction of sp³-hybridized carbons (Fsp3) is 0.556. The number of carbonyl (C=O) groups is 2. The minimum atomic E-state index is -0.498. The maximum Gasteiger partial charge on any atom is 0.253 e. The third kappa shape index (κ3) is 4.90. The van der Waals surface area contributed by atoms with E-state index in [2.05, 4.69) is 12.2 Å². The van der Waals surface area contributed by atoms with Gasteiger partial charge in [-0.05, 0) is 56.7 Å². The molecule has 132 valence electrons. The Hall–Kier alpha value is -1.20. The van der Waals surface area contributed by atoms with Crippen molar-refractivity contribution in [1.29, 1.82) is 0 Å². The molecule has 0 spiro atoms. The SMILES string of the molecule is CSCCC(NC(=O)c1ccccc1Cl)C(=O)N1CCCCC1C. The maximum absolute atomic E-state index is 12.9. The van der Waals surface area contributed by atoms with Crippen LogP contribution in [0.15, 0.2) is 24.3 Å². The van der Waals surface area contributed by atoms with E-state index in [1.807, 2.05) is 11.2 Å². The van der Waals surface area contributed by atoms with E-state index < -0.39 is 6.04 Å². The third-order valence-electron chi connectivity index (χ3n) is 4.42. The fourth-order valence-corrected chi connectivity index (χ4v) is 3.69. The summed E-state index contributed by atoms with van der Waals surface area (Å²) in [5.41, 5.74) is 0.410. The summed E-state index contributed by atoms with van der Waals surface area (Å²) in [6, 6.07) is 6.65. The Labute approximate surface area is 153 Å². The molecular weight excluding hydrogens is 344 g/mol. The van der Waals surface area contributed by atoms with E-state index in [1.54, 1.807) is 36.0 Å². The summed E-state index contributed by atoms with van der Waals surface area (Å²) in [6.45, 7) is 2.86. The third-order valence-corrected chi connectivity index (χ3v) is 5.39. The zero-order chi connectivity index (χ0) is 17.5. The van der Waals surface area contributed by atoms with Crippen LogP contribution in [0.3, 0.4) is 0 Å². The van der Waals surface area contributed by atoms with Crippen molar-refractivity contribution in [3.8, 4) is 0 Å². The quantitative estimate of drug-likeness (QED) is 0.834. The summed E-state index contributed by atoms with van der Waals surface area (Å²) in [6.07, 6.45) is 5.84. The monoisotopic (exact) mass is 368 g/mol. The second-order valence-electron chi connectivity index (χ2n) is 6.16. The molecule has 1 aromatic rings. The summed E-state index contributed by atoms with van der Waals surface area (Å²) in [5, 5.41) is 3.30. The molecule has 24 heavy (non-hydrogen) atoms. The van der Waals surface area contributed by atoms with Crippen LogP contribution in [0, 0.1) is 0 Å². The predicted molar refractivity (Wildman–Crippen MR) is 101 cm³/mol. The van der Waals surface area contributed by atoms with Gasteiger partial charge in [-0.25, -0.2) is 0 Å². The lowest BCUT2D eigenvalue weighted by molar-refractivity contribution is -0.136. The van der Waals surface area contributed by atoms with Crippen molar-refractivity contribution < 1.29 is 9.59 Å². The Morgan fingerprint density at radius 1 is 1.38 bits per heavy atom. The summed E-state index contributed by atoms with van der Waals surface area (Å²) in [4.78, 5) is 27.4. The first-order valence-electron chi connectivity index (χ1n) is 8.39. The second kappa shape index (κ2) is 9.33. The van der Waals surface area contributed by atoms with E-state index in [1.165, 1.54) is 0 Å². The molecule has 2 amide bonds. The van der Waals surface area contributed by atoms with Gasteiger partial charge in [-0.15, -0.1) is 0 Å². The fourth-order valence-electron chi connectivity index (χ4n) is 3.00. The molecule has 2 atom stereocenters. The van der Waals surface area contributed by atoms with Gasteiger partial charge in [-0.3, -0.25) is 9.59 Å². The van der Waals surface area contributed by atoms with Crippen molar-refractivity contribution in [3.05, 3.63) is 34.9 Å². The van der Waals surface area contributed by atoms with Gasteiger partial charge in [0.15, 0.2) is 0 Å². The van der Waals surface area contributed by atoms with Crippen LogP contribution >= 0.6 is 23.4 Å². The van der Waals surface area contributed by atoms with Gasteiger partial charge in [-0.2, -0.15) is 11.8 Å². The highest BCUT2D eigenvalue weighted by Gasteiger charge is 2.30. The largest absolute Gasteiger partial charge is 0.340 e. The normalized spacial score (nSPS) is 19.0. The lowest BCUT2D eigenvalue weighted by Gasteiger charge is -2.36. The Morgan fingerprint density at radius 2 is 2.12 bits per heavy atom. The molecule has 0 saturated carbocycles. The number of benzene rings is 1. The predicted octanol–water partition coefficient (Wildman–Crippen LogP) is 3.59. The van der Waals surface area contributed by atoms with Gasteiger partial charge in [0.2, 0.25) is 5.91 Å². The second-order valence-corrected chi connectivity index (χ2v) is 7.56. The standard InChI is InChI=1S/C18H25ClN2O2S/c1-13-7-5-6-11-21(13)18(23)16(10-12-24-2)20-17(22)14-8-3-4-9-15(14)19/h3-4,8-9,13,16H,5-7,10-12H2,1-2H3,(H,20,22). The highest BCUT2D eigenvalue weighted by Crippen LogP contribution is 2.19. The van der Waals surface area contributed by atoms with Crippen molar-refractivity contribution in [2.24, 2.45) is 0 Å². The lowest BCUT2D eigenvalue weighted by Crippen LogP contribution is -2.52. The van der Waals surface area contributed by atoms with Gasteiger partial charge in [0.25, 0.3) is 5.91 Å². The molecule has 1 fully saturated rings. The lowest BCUT2D eigenvalue weighted by atomic mass is 10.0. The molecule has 2 unspecified atom stereocenters. The summed E-state index contributed by atoms with van der Waals surface area (Å²) < 4.78 is 0. The van der Waals surface area contributed by atoms with Gasteiger partial charge in [0.1, 0.15) is 6.04 Å². The summed E-state index contributed by atoms with van der Waals surface area (Å²) in [5.74, 6) is 0.558. The first-order valence-corrected chi connectivity index (χ1v) is 10.2. The summed E-state index contributed by atoms with van der Waals surface area (Å²) >= 11 is 7.77. The number of hydrogen-bond donors (Lipinski definition) is 1. The van der Waals surface area contributed by atoms with Crippen molar-refractivity contribution in [3.63, 3.8) is 0 Å². The van der Waals surface area contributed by atoms with Crippen LogP contribution < -0.4 is 5.32 Å². The average molecular weight is 369 g/mol. The molecule has 6 heteroatoms. The molecule has 0 radical (unpaired) electrons. The first-order chi connectivity index (χ1) is 11.5. The van der Waals surface area contributed by atoms with Crippen LogP contribution in [0.2, 0.25) is 5.02 Å². The van der Waals surface area contributed by atoms with E-state index in [9.17, 15) is 9.59 Å². The average Bonchev–Trinajstić information content (AvgIpc) is 2.58. The molecule has 1 heterocycles. The molecule has 0 bridgehead atoms. The van der Waals surface area contributed by atoms with E-state index in [0.29, 0.717) is 17.0 Å². The molecule has 0 aliphatic carbocycles. The van der Waals surface area contributed by atoms with Gasteiger partial charge in [-0.1, -0.05) is 23.7 Å². The van der Waals surface area contributed by atoms with Gasteiger partial charge in [0, 0.05) is 12.6 Å². The number of nitrogens with one attached hydrogen (secondary N) is 1. The number of amides is 2. The maximum atomic E-state index is 12.9. The van der Waals surface area contributed by atoms with Gasteiger partial charge in [0.05, 0.1) is 10.6 Å². The molecule has 1 aromatic carbocycles. The highest BCUT2D eigenvalue weighted by atomic mass is 35.5. The van der Waals surface area contributed by atoms with Crippen LogP contribution in [0.4, 0.5) is 0 Å². The van der Waals surface area contributed by atoms with Crippen LogP contribution in [0.1, 0.15) is 43.0 Å². The van der Waals surface area contributed by atoms with Crippen molar-refractivity contribution in [2.75, 3.05) is 18.6 Å². The minimum Gasteiger partial charge on any atom is -0.340 e. The number of likely N-dealkylation sites (tertiary alicyclic amines) is 1. The van der Waals surface area contributed by atoms with Crippen molar-refractivity contribution in [1.82, 2.24) is 10.2 Å². The Bertz CT molecular complexity index is 582. The van der Waals surface area contributed by atoms with Gasteiger partial charge < -0.3 is 10.2 Å². The number of carbonyl (C=O) groups excluding carboxylic acids is 2. The van der Waals surface area contributed by atoms with Crippen LogP contribution in [0.5, 0.6) is 0 Å². The Kier molecular flexibility index (Phi) is 7.43. The highest BCUT2D eigenvalue weighted by molar-refractivity contribution is 7.98. The zero-order valence-electron chi connectivity index (χ0n) is 14.3. The zero-order valence-corrected chi connectivity index (χ0v) is 15.8. The van der Waals surface area contributed by atoms with Crippen LogP contribution in [-0.2, 0) is 4.79 Å². The minimum absolute atomic E-state index is 0.0247. The molecular formula is C18H25ClN2O2S. The first kappa shape index (κ1) is 19.1. The molecule has 1 aliphatic rings. The Balaban J connectivity index is 2.11. The smallest absolute Gasteiger partial charge is 0.253 e. The van der Waals surface area contributed by atoms with Gasteiger partial charge >= 0.3 is 0 Å². The van der Waals surface area contributed by atoms with E-state index in [-0.39, 0.29) is 17.9 Å². The number of nitrogens with zero attached hydrogens (tertiary/aromatic N) is 1. The van der Waals surface area contributed by atoms with Crippen LogP contribution in [-0.4, -0.2) is 47.4 Å². The molecule has 4 nitrogen and oxygen atoms in total. The number of piperidine rings is 1. The Morgan fingerprint density at radius 3 is 2.79 bits per heavy atom. The molecule has 1 saturated heterocycles. The number of rotatable bonds is 6. The number of halogens is 1.